The maximum atomic E-state index is 13.3. The molecular weight excluding hydrogens is 380 g/mol. The molecule has 0 aliphatic carbocycles. The average Bonchev–Trinajstić information content (AvgIpc) is 2.98. The number of morpholine rings is 1. The van der Waals surface area contributed by atoms with Gasteiger partial charge in [-0.1, -0.05) is 0 Å². The number of nitriles is 1. The van der Waals surface area contributed by atoms with E-state index < -0.39 is 0 Å². The van der Waals surface area contributed by atoms with Gasteiger partial charge >= 0.3 is 0 Å². The molecule has 4 heterocycles. The third kappa shape index (κ3) is 4.50. The van der Waals surface area contributed by atoms with Crippen LogP contribution in [0.25, 0.3) is 0 Å². The van der Waals surface area contributed by atoms with E-state index in [1.54, 1.807) is 12.1 Å². The van der Waals surface area contributed by atoms with Gasteiger partial charge < -0.3 is 14.4 Å². The minimum absolute atomic E-state index is 0.0170. The van der Waals surface area contributed by atoms with Crippen molar-refractivity contribution >= 4 is 11.6 Å². The molecule has 2 aromatic heterocycles. The molecule has 0 aromatic carbocycles. The summed E-state index contributed by atoms with van der Waals surface area (Å²) in [5.41, 5.74) is 3.79. The highest BCUT2D eigenvalue weighted by molar-refractivity contribution is 5.99. The van der Waals surface area contributed by atoms with E-state index in [2.05, 4.69) is 29.8 Å². The number of rotatable bonds is 4. The van der Waals surface area contributed by atoms with E-state index in [4.69, 9.17) is 19.7 Å². The average molecular weight is 406 g/mol. The molecule has 2 atom stereocenters. The molecule has 30 heavy (non-hydrogen) atoms. The highest BCUT2D eigenvalue weighted by atomic mass is 16.5. The van der Waals surface area contributed by atoms with Crippen molar-refractivity contribution in [2.24, 2.45) is 0 Å². The third-order valence-corrected chi connectivity index (χ3v) is 5.52. The van der Waals surface area contributed by atoms with Crippen LogP contribution in [-0.2, 0) is 28.7 Å². The fourth-order valence-electron chi connectivity index (χ4n) is 4.17. The van der Waals surface area contributed by atoms with Crippen LogP contribution in [0.5, 0.6) is 0 Å². The zero-order valence-electron chi connectivity index (χ0n) is 17.4. The fraction of sp³-hybridized carbons (Fsp3) is 0.478. The summed E-state index contributed by atoms with van der Waals surface area (Å²) in [5.74, 6) is 0.845. The molecule has 0 radical (unpaired) electrons. The van der Waals surface area contributed by atoms with Crippen molar-refractivity contribution in [3.05, 3.63) is 52.5 Å². The van der Waals surface area contributed by atoms with Crippen molar-refractivity contribution in [3.8, 4) is 6.07 Å². The van der Waals surface area contributed by atoms with Crippen LogP contribution >= 0.6 is 0 Å². The van der Waals surface area contributed by atoms with Crippen LogP contribution < -0.4 is 4.90 Å². The predicted octanol–water partition coefficient (Wildman–Crippen LogP) is 2.50. The number of fused-ring (bicyclic) bond motifs is 1. The molecule has 2 aromatic rings. The van der Waals surface area contributed by atoms with E-state index in [0.717, 1.165) is 30.2 Å². The topological polar surface area (TPSA) is 88.3 Å². The first kappa shape index (κ1) is 20.5. The minimum atomic E-state index is 0.0170. The largest absolute Gasteiger partial charge is 0.381 e. The summed E-state index contributed by atoms with van der Waals surface area (Å²) < 4.78 is 11.5. The van der Waals surface area contributed by atoms with Crippen LogP contribution in [0.1, 0.15) is 46.7 Å². The third-order valence-electron chi connectivity index (χ3n) is 5.52. The molecule has 1 fully saturated rings. The lowest BCUT2D eigenvalue weighted by atomic mass is 9.96. The first-order chi connectivity index (χ1) is 14.5. The maximum Gasteiger partial charge on any atom is 0.169 e. The standard InChI is InChI=1S/C23H26N4O3/c1-15-13-27(14-16(2)30-15)23-10-20(19-5-7-29-8-6-21(19)26-23)22(28)9-18-4-3-17(11-24)12-25-18/h3-4,10,12,15-16H,5-9,13-14H2,1-2H3/t15-,16+. The van der Waals surface area contributed by atoms with Crippen molar-refractivity contribution < 1.29 is 14.3 Å². The highest BCUT2D eigenvalue weighted by Crippen LogP contribution is 2.27. The van der Waals surface area contributed by atoms with Crippen molar-refractivity contribution in [2.75, 3.05) is 31.2 Å². The Kier molecular flexibility index (Phi) is 6.07. The van der Waals surface area contributed by atoms with E-state index in [1.165, 1.54) is 6.20 Å². The molecule has 4 rings (SSSR count). The number of carbonyl (C=O) groups excluding carboxylic acids is 1. The molecule has 0 unspecified atom stereocenters. The monoisotopic (exact) mass is 406 g/mol. The molecule has 0 spiro atoms. The first-order valence-electron chi connectivity index (χ1n) is 10.4. The van der Waals surface area contributed by atoms with Gasteiger partial charge in [-0.15, -0.1) is 0 Å². The van der Waals surface area contributed by atoms with Crippen LogP contribution in [0.2, 0.25) is 0 Å². The SMILES string of the molecule is C[C@@H]1CN(c2cc(C(=O)Cc3ccc(C#N)cn3)c3c(n2)CCOCC3)C[C@H](C)O1. The van der Waals surface area contributed by atoms with Crippen LogP contribution in [0, 0.1) is 11.3 Å². The Hall–Kier alpha value is -2.82. The number of ether oxygens (including phenoxy) is 2. The lowest BCUT2D eigenvalue weighted by Gasteiger charge is -2.36. The van der Waals surface area contributed by atoms with E-state index in [0.29, 0.717) is 42.9 Å². The summed E-state index contributed by atoms with van der Waals surface area (Å²) in [4.78, 5) is 24.7. The summed E-state index contributed by atoms with van der Waals surface area (Å²) in [6.45, 7) is 6.82. The van der Waals surface area contributed by atoms with Gasteiger partial charge in [-0.05, 0) is 44.0 Å². The second kappa shape index (κ2) is 8.90. The second-order valence-electron chi connectivity index (χ2n) is 7.98. The van der Waals surface area contributed by atoms with Gasteiger partial charge in [-0.3, -0.25) is 9.78 Å². The summed E-state index contributed by atoms with van der Waals surface area (Å²) in [5, 5.41) is 8.95. The van der Waals surface area contributed by atoms with Crippen molar-refractivity contribution in [1.29, 1.82) is 5.26 Å². The molecule has 0 amide bonds. The summed E-state index contributed by atoms with van der Waals surface area (Å²) in [6.07, 6.45) is 3.30. The summed E-state index contributed by atoms with van der Waals surface area (Å²) in [7, 11) is 0. The second-order valence-corrected chi connectivity index (χ2v) is 7.98. The molecule has 2 aliphatic rings. The Morgan fingerprint density at radius 2 is 2.00 bits per heavy atom. The number of Topliss-reactive ketones (excluding diaryl/α,β-unsaturated/α-hetero) is 1. The van der Waals surface area contributed by atoms with Crippen LogP contribution in [0.3, 0.4) is 0 Å². The molecule has 156 valence electrons. The molecular formula is C23H26N4O3. The van der Waals surface area contributed by atoms with Gasteiger partial charge in [0.1, 0.15) is 11.9 Å². The molecule has 1 saturated heterocycles. The summed E-state index contributed by atoms with van der Waals surface area (Å²) >= 11 is 0. The van der Waals surface area contributed by atoms with E-state index in [1.807, 2.05) is 6.07 Å². The Morgan fingerprint density at radius 3 is 2.70 bits per heavy atom. The van der Waals surface area contributed by atoms with E-state index >= 15 is 0 Å². The lowest BCUT2D eigenvalue weighted by Crippen LogP contribution is -2.46. The normalized spacial score (nSPS) is 21.4. The van der Waals surface area contributed by atoms with Gasteiger partial charge in [0.05, 0.1) is 37.4 Å². The van der Waals surface area contributed by atoms with Gasteiger partial charge in [0.2, 0.25) is 0 Å². The molecule has 7 nitrogen and oxygen atoms in total. The van der Waals surface area contributed by atoms with Gasteiger partial charge in [0.25, 0.3) is 0 Å². The number of carbonyl (C=O) groups is 1. The number of hydrogen-bond acceptors (Lipinski definition) is 7. The van der Waals surface area contributed by atoms with E-state index in [9.17, 15) is 4.79 Å². The number of hydrogen-bond donors (Lipinski definition) is 0. The van der Waals surface area contributed by atoms with Crippen LogP contribution in [-0.4, -0.2) is 54.3 Å². The molecule has 7 heteroatoms. The van der Waals surface area contributed by atoms with Crippen LogP contribution in [0.4, 0.5) is 5.82 Å². The number of aromatic nitrogens is 2. The van der Waals surface area contributed by atoms with Crippen molar-refractivity contribution in [3.63, 3.8) is 0 Å². The van der Waals surface area contributed by atoms with Gasteiger partial charge in [-0.25, -0.2) is 4.98 Å². The molecule has 0 bridgehead atoms. The van der Waals surface area contributed by atoms with Crippen molar-refractivity contribution in [1.82, 2.24) is 9.97 Å². The Balaban J connectivity index is 1.67. The highest BCUT2D eigenvalue weighted by Gasteiger charge is 2.27. The Bertz CT molecular complexity index is 958. The van der Waals surface area contributed by atoms with Gasteiger partial charge in [0.15, 0.2) is 5.78 Å². The lowest BCUT2D eigenvalue weighted by molar-refractivity contribution is -0.00547. The zero-order chi connectivity index (χ0) is 21.1. The number of ketones is 1. The Labute approximate surface area is 176 Å². The zero-order valence-corrected chi connectivity index (χ0v) is 17.4. The van der Waals surface area contributed by atoms with Gasteiger partial charge in [0, 0.05) is 42.7 Å². The minimum Gasteiger partial charge on any atom is -0.381 e. The van der Waals surface area contributed by atoms with Gasteiger partial charge in [-0.2, -0.15) is 5.26 Å². The fourth-order valence-corrected chi connectivity index (χ4v) is 4.17. The number of anilines is 1. The molecule has 2 aliphatic heterocycles. The number of pyridine rings is 2. The van der Waals surface area contributed by atoms with Crippen LogP contribution in [0.15, 0.2) is 24.4 Å². The molecule has 0 N–H and O–H groups in total. The predicted molar refractivity (Wildman–Crippen MR) is 112 cm³/mol. The summed E-state index contributed by atoms with van der Waals surface area (Å²) in [6, 6.07) is 7.42. The smallest absolute Gasteiger partial charge is 0.169 e. The quantitative estimate of drug-likeness (QED) is 0.721. The number of nitrogens with zero attached hydrogens (tertiary/aromatic N) is 4. The van der Waals surface area contributed by atoms with Crippen molar-refractivity contribution in [2.45, 2.75) is 45.3 Å². The Morgan fingerprint density at radius 1 is 1.23 bits per heavy atom. The maximum absolute atomic E-state index is 13.3. The molecule has 0 saturated carbocycles. The first-order valence-corrected chi connectivity index (χ1v) is 10.4. The van der Waals surface area contributed by atoms with E-state index in [-0.39, 0.29) is 24.4 Å².